The summed E-state index contributed by atoms with van der Waals surface area (Å²) in [4.78, 5) is 36.6. The number of aliphatic carboxylic acids is 1. The maximum Gasteiger partial charge on any atom is 0.407 e. The van der Waals surface area contributed by atoms with E-state index in [9.17, 15) is 14.4 Å². The van der Waals surface area contributed by atoms with Gasteiger partial charge in [0.15, 0.2) is 6.10 Å². The third-order valence-corrected chi connectivity index (χ3v) is 7.42. The minimum absolute atomic E-state index is 0.0343. The van der Waals surface area contributed by atoms with E-state index in [2.05, 4.69) is 34.9 Å². The molecule has 0 unspecified atom stereocenters. The van der Waals surface area contributed by atoms with Crippen molar-refractivity contribution in [3.8, 4) is 11.1 Å². The minimum Gasteiger partial charge on any atom is -0.481 e. The normalized spacial score (nSPS) is 25.4. The van der Waals surface area contributed by atoms with Crippen LogP contribution in [-0.4, -0.2) is 54.5 Å². The molecule has 2 fully saturated rings. The minimum atomic E-state index is -0.785. The molecule has 1 saturated heterocycles. The predicted molar refractivity (Wildman–Crippen MR) is 128 cm³/mol. The van der Waals surface area contributed by atoms with E-state index < -0.39 is 24.2 Å². The van der Waals surface area contributed by atoms with Crippen molar-refractivity contribution in [3.05, 3.63) is 59.7 Å². The molecule has 1 heterocycles. The number of alkyl carbamates (subject to hydrolysis) is 1. The summed E-state index contributed by atoms with van der Waals surface area (Å²) in [6.45, 7) is 0.579. The quantitative estimate of drug-likeness (QED) is 0.586. The molecule has 2 aromatic rings. The van der Waals surface area contributed by atoms with Gasteiger partial charge in [-0.3, -0.25) is 9.59 Å². The lowest BCUT2D eigenvalue weighted by atomic mass is 9.86. The van der Waals surface area contributed by atoms with Gasteiger partial charge in [0.1, 0.15) is 6.61 Å². The van der Waals surface area contributed by atoms with Crippen LogP contribution in [0.5, 0.6) is 0 Å². The Hall–Kier alpha value is -3.39. The van der Waals surface area contributed by atoms with Crippen LogP contribution >= 0.6 is 0 Å². The Kier molecular flexibility index (Phi) is 6.72. The summed E-state index contributed by atoms with van der Waals surface area (Å²) in [5.41, 5.74) is 4.60. The lowest BCUT2D eigenvalue weighted by Crippen LogP contribution is -2.51. The second-order valence-corrected chi connectivity index (χ2v) is 9.55. The highest BCUT2D eigenvalue weighted by molar-refractivity contribution is 5.83. The highest BCUT2D eigenvalue weighted by Gasteiger charge is 2.38. The standard InChI is InChI=1S/C27H30N2O6/c30-25(28-17-11-9-16(10-12-17)26(31)32)24-23(13-14-34-24)29-27(33)35-15-22-20-7-3-1-5-18(20)19-6-2-4-8-21(19)22/h1-8,16-17,22-24H,9-15H2,(H,28,30)(H,29,33)(H,31,32)/t16?,17?,23-,24+/m1/s1. The SMILES string of the molecule is O=C(N[C@@H]1CCO[C@@H]1C(=O)NC1CCC(C(=O)O)CC1)OCC1c2ccccc2-c2ccccc21. The van der Waals surface area contributed by atoms with Crippen LogP contribution in [0.3, 0.4) is 0 Å². The number of carboxylic acid groups (broad SMARTS) is 1. The summed E-state index contributed by atoms with van der Waals surface area (Å²) in [6.07, 6.45) is 1.52. The van der Waals surface area contributed by atoms with Crippen LogP contribution < -0.4 is 10.6 Å². The summed E-state index contributed by atoms with van der Waals surface area (Å²) >= 11 is 0. The topological polar surface area (TPSA) is 114 Å². The summed E-state index contributed by atoms with van der Waals surface area (Å²) < 4.78 is 11.2. The van der Waals surface area contributed by atoms with Gasteiger partial charge in [-0.05, 0) is 54.4 Å². The fraction of sp³-hybridized carbons (Fsp3) is 0.444. The first-order valence-electron chi connectivity index (χ1n) is 12.3. The number of amides is 2. The van der Waals surface area contributed by atoms with E-state index in [1.54, 1.807) is 0 Å². The number of ether oxygens (including phenoxy) is 2. The second kappa shape index (κ2) is 10.1. The summed E-state index contributed by atoms with van der Waals surface area (Å²) in [7, 11) is 0. The lowest BCUT2D eigenvalue weighted by molar-refractivity contribution is -0.142. The number of carboxylic acids is 1. The van der Waals surface area contributed by atoms with Gasteiger partial charge in [0.25, 0.3) is 5.91 Å². The zero-order chi connectivity index (χ0) is 24.4. The smallest absolute Gasteiger partial charge is 0.407 e. The Balaban J connectivity index is 1.15. The fourth-order valence-electron chi connectivity index (χ4n) is 5.56. The molecule has 8 nitrogen and oxygen atoms in total. The average Bonchev–Trinajstić information content (AvgIpc) is 3.45. The highest BCUT2D eigenvalue weighted by Crippen LogP contribution is 2.44. The Morgan fingerprint density at radius 2 is 1.51 bits per heavy atom. The molecule has 5 rings (SSSR count). The molecule has 2 atom stereocenters. The van der Waals surface area contributed by atoms with Gasteiger partial charge in [0.05, 0.1) is 12.0 Å². The van der Waals surface area contributed by atoms with Crippen LogP contribution in [0.2, 0.25) is 0 Å². The van der Waals surface area contributed by atoms with Gasteiger partial charge in [-0.1, -0.05) is 48.5 Å². The number of hydrogen-bond acceptors (Lipinski definition) is 5. The van der Waals surface area contributed by atoms with Crippen molar-refractivity contribution in [2.45, 2.75) is 56.2 Å². The molecule has 1 saturated carbocycles. The second-order valence-electron chi connectivity index (χ2n) is 9.55. The summed E-state index contributed by atoms with van der Waals surface area (Å²) in [5, 5.41) is 14.9. The molecule has 0 bridgehead atoms. The van der Waals surface area contributed by atoms with E-state index in [1.165, 1.54) is 0 Å². The number of carbonyl (C=O) groups is 3. The van der Waals surface area contributed by atoms with Crippen LogP contribution in [0.1, 0.15) is 49.1 Å². The third-order valence-electron chi connectivity index (χ3n) is 7.42. The van der Waals surface area contributed by atoms with E-state index in [0.717, 1.165) is 22.3 Å². The Labute approximate surface area is 204 Å². The lowest BCUT2D eigenvalue weighted by Gasteiger charge is -2.28. The van der Waals surface area contributed by atoms with Crippen molar-refractivity contribution in [3.63, 3.8) is 0 Å². The first-order valence-corrected chi connectivity index (χ1v) is 12.3. The number of carbonyl (C=O) groups excluding carboxylic acids is 2. The van der Waals surface area contributed by atoms with E-state index in [1.807, 2.05) is 24.3 Å². The molecular weight excluding hydrogens is 448 g/mol. The maximum absolute atomic E-state index is 12.8. The molecule has 0 radical (unpaired) electrons. The molecule has 2 aliphatic carbocycles. The monoisotopic (exact) mass is 478 g/mol. The zero-order valence-corrected chi connectivity index (χ0v) is 19.4. The molecule has 35 heavy (non-hydrogen) atoms. The molecular formula is C27H30N2O6. The van der Waals surface area contributed by atoms with Crippen molar-refractivity contribution in [2.24, 2.45) is 5.92 Å². The Bertz CT molecular complexity index is 1060. The maximum atomic E-state index is 12.8. The first kappa shape index (κ1) is 23.4. The van der Waals surface area contributed by atoms with Crippen molar-refractivity contribution < 1.29 is 29.0 Å². The van der Waals surface area contributed by atoms with Gasteiger partial charge in [-0.15, -0.1) is 0 Å². The van der Waals surface area contributed by atoms with Crippen molar-refractivity contribution in [2.75, 3.05) is 13.2 Å². The Morgan fingerprint density at radius 1 is 0.886 bits per heavy atom. The summed E-state index contributed by atoms with van der Waals surface area (Å²) in [6, 6.07) is 15.8. The first-order chi connectivity index (χ1) is 17.0. The third kappa shape index (κ3) is 4.89. The Morgan fingerprint density at radius 3 is 2.14 bits per heavy atom. The molecule has 2 aromatic carbocycles. The van der Waals surface area contributed by atoms with Crippen LogP contribution in [0.4, 0.5) is 4.79 Å². The predicted octanol–water partition coefficient (Wildman–Crippen LogP) is 3.44. The number of hydrogen-bond donors (Lipinski definition) is 3. The van der Waals surface area contributed by atoms with Crippen LogP contribution in [0.15, 0.2) is 48.5 Å². The van der Waals surface area contributed by atoms with Crippen LogP contribution in [-0.2, 0) is 19.1 Å². The molecule has 8 heteroatoms. The average molecular weight is 479 g/mol. The van der Waals surface area contributed by atoms with Gasteiger partial charge in [-0.2, -0.15) is 0 Å². The van der Waals surface area contributed by atoms with Gasteiger partial charge in [0, 0.05) is 18.6 Å². The molecule has 0 spiro atoms. The number of rotatable bonds is 6. The largest absolute Gasteiger partial charge is 0.481 e. The highest BCUT2D eigenvalue weighted by atomic mass is 16.6. The molecule has 1 aliphatic heterocycles. The van der Waals surface area contributed by atoms with E-state index in [-0.39, 0.29) is 30.4 Å². The number of benzene rings is 2. The van der Waals surface area contributed by atoms with Gasteiger partial charge >= 0.3 is 12.1 Å². The molecule has 2 amide bonds. The van der Waals surface area contributed by atoms with Crippen LogP contribution in [0, 0.1) is 5.92 Å². The van der Waals surface area contributed by atoms with E-state index >= 15 is 0 Å². The van der Waals surface area contributed by atoms with Crippen molar-refractivity contribution >= 4 is 18.0 Å². The van der Waals surface area contributed by atoms with Crippen LogP contribution in [0.25, 0.3) is 11.1 Å². The van der Waals surface area contributed by atoms with E-state index in [4.69, 9.17) is 14.6 Å². The molecule has 3 aliphatic rings. The molecule has 3 N–H and O–H groups in total. The number of fused-ring (bicyclic) bond motifs is 3. The zero-order valence-electron chi connectivity index (χ0n) is 19.4. The van der Waals surface area contributed by atoms with Gasteiger partial charge < -0.3 is 25.2 Å². The molecule has 0 aromatic heterocycles. The number of nitrogens with one attached hydrogen (secondary N) is 2. The van der Waals surface area contributed by atoms with Crippen molar-refractivity contribution in [1.29, 1.82) is 0 Å². The molecule has 184 valence electrons. The van der Waals surface area contributed by atoms with Gasteiger partial charge in [0.2, 0.25) is 0 Å². The fourth-order valence-corrected chi connectivity index (χ4v) is 5.56. The summed E-state index contributed by atoms with van der Waals surface area (Å²) in [5.74, 6) is -1.42. The van der Waals surface area contributed by atoms with Gasteiger partial charge in [-0.25, -0.2) is 4.79 Å². The van der Waals surface area contributed by atoms with Crippen molar-refractivity contribution in [1.82, 2.24) is 10.6 Å². The van der Waals surface area contributed by atoms with E-state index in [0.29, 0.717) is 38.7 Å².